The molecule has 2 aromatic rings. The Kier molecular flexibility index (Phi) is 5.78. The number of hydrogen-bond donors (Lipinski definition) is 2. The van der Waals surface area contributed by atoms with Crippen LogP contribution in [-0.4, -0.2) is 30.0 Å². The molecule has 2 N–H and O–H groups in total. The molecule has 0 aliphatic rings. The van der Waals surface area contributed by atoms with Gasteiger partial charge in [0.25, 0.3) is 5.91 Å². The van der Waals surface area contributed by atoms with Crippen molar-refractivity contribution in [3.05, 3.63) is 54.1 Å². The van der Waals surface area contributed by atoms with Crippen LogP contribution in [0.2, 0.25) is 0 Å². The Morgan fingerprint density at radius 3 is 2.21 bits per heavy atom. The molecule has 0 radical (unpaired) electrons. The molecule has 1 amide bonds. The number of oxime groups is 1. The Bertz CT molecular complexity index is 709. The predicted octanol–water partition coefficient (Wildman–Crippen LogP) is 3.30. The summed E-state index contributed by atoms with van der Waals surface area (Å²) in [5.74, 6) is 1.03. The third kappa shape index (κ3) is 4.49. The number of anilines is 1. The number of rotatable bonds is 6. The van der Waals surface area contributed by atoms with Crippen LogP contribution in [0.4, 0.5) is 5.69 Å². The highest BCUT2D eigenvalue weighted by molar-refractivity contribution is 5.98. The summed E-state index contributed by atoms with van der Waals surface area (Å²) in [6, 6.07) is 14.0. The molecule has 0 heterocycles. The first-order valence-corrected chi connectivity index (χ1v) is 7.44. The minimum atomic E-state index is -0.662. The van der Waals surface area contributed by atoms with Crippen molar-refractivity contribution in [2.24, 2.45) is 5.16 Å². The number of nitrogens with one attached hydrogen (secondary N) is 1. The van der Waals surface area contributed by atoms with Crippen LogP contribution in [0.3, 0.4) is 0 Å². The molecule has 0 aromatic heterocycles. The lowest BCUT2D eigenvalue weighted by molar-refractivity contribution is -0.122. The zero-order chi connectivity index (χ0) is 17.5. The Morgan fingerprint density at radius 2 is 1.67 bits per heavy atom. The molecule has 2 rings (SSSR count). The van der Waals surface area contributed by atoms with Gasteiger partial charge in [0.2, 0.25) is 0 Å². The van der Waals surface area contributed by atoms with Crippen LogP contribution >= 0.6 is 0 Å². The fourth-order valence-electron chi connectivity index (χ4n) is 2.01. The number of hydrogen-bond acceptors (Lipinski definition) is 5. The Labute approximate surface area is 140 Å². The minimum Gasteiger partial charge on any atom is -0.497 e. The van der Waals surface area contributed by atoms with E-state index < -0.39 is 6.10 Å². The summed E-state index contributed by atoms with van der Waals surface area (Å²) in [4.78, 5) is 12.2. The molecular formula is C18H20N2O4. The molecule has 0 fully saturated rings. The summed E-state index contributed by atoms with van der Waals surface area (Å²) in [5, 5.41) is 14.7. The van der Waals surface area contributed by atoms with Crippen molar-refractivity contribution in [1.29, 1.82) is 0 Å². The van der Waals surface area contributed by atoms with Gasteiger partial charge in [-0.2, -0.15) is 0 Å². The van der Waals surface area contributed by atoms with Crippen LogP contribution in [0, 0.1) is 0 Å². The van der Waals surface area contributed by atoms with E-state index in [0.717, 1.165) is 11.3 Å². The number of benzene rings is 2. The first-order chi connectivity index (χ1) is 11.5. The third-order valence-corrected chi connectivity index (χ3v) is 3.46. The van der Waals surface area contributed by atoms with Gasteiger partial charge >= 0.3 is 0 Å². The quantitative estimate of drug-likeness (QED) is 0.484. The van der Waals surface area contributed by atoms with Crippen LogP contribution in [0.25, 0.3) is 0 Å². The number of ether oxygens (including phenoxy) is 2. The summed E-state index contributed by atoms with van der Waals surface area (Å²) in [5.41, 5.74) is 1.95. The number of methoxy groups -OCH3 is 1. The molecule has 0 bridgehead atoms. The second kappa shape index (κ2) is 8.01. The van der Waals surface area contributed by atoms with Crippen molar-refractivity contribution in [1.82, 2.24) is 0 Å². The molecule has 0 aliphatic carbocycles. The van der Waals surface area contributed by atoms with Gasteiger partial charge < -0.3 is 20.0 Å². The smallest absolute Gasteiger partial charge is 0.265 e. The fourth-order valence-corrected chi connectivity index (χ4v) is 2.01. The van der Waals surface area contributed by atoms with Gasteiger partial charge in [-0.1, -0.05) is 5.16 Å². The molecule has 2 aromatic carbocycles. The highest BCUT2D eigenvalue weighted by atomic mass is 16.5. The maximum absolute atomic E-state index is 12.2. The van der Waals surface area contributed by atoms with Crippen molar-refractivity contribution in [2.75, 3.05) is 12.4 Å². The molecule has 0 saturated carbocycles. The van der Waals surface area contributed by atoms with E-state index in [9.17, 15) is 4.79 Å². The Balaban J connectivity index is 1.95. The molecule has 6 heteroatoms. The van der Waals surface area contributed by atoms with Crippen LogP contribution in [0.15, 0.2) is 53.7 Å². The van der Waals surface area contributed by atoms with E-state index in [-0.39, 0.29) is 5.91 Å². The summed E-state index contributed by atoms with van der Waals surface area (Å²) in [6.45, 7) is 3.37. The summed E-state index contributed by atoms with van der Waals surface area (Å²) < 4.78 is 10.7. The van der Waals surface area contributed by atoms with Gasteiger partial charge in [-0.05, 0) is 67.9 Å². The third-order valence-electron chi connectivity index (χ3n) is 3.46. The average molecular weight is 328 g/mol. The van der Waals surface area contributed by atoms with Crippen LogP contribution < -0.4 is 14.8 Å². The van der Waals surface area contributed by atoms with Crippen molar-refractivity contribution < 1.29 is 19.5 Å². The van der Waals surface area contributed by atoms with E-state index in [1.807, 2.05) is 0 Å². The Morgan fingerprint density at radius 1 is 1.08 bits per heavy atom. The Hall–Kier alpha value is -3.02. The topological polar surface area (TPSA) is 80.2 Å². The van der Waals surface area contributed by atoms with Gasteiger partial charge in [-0.15, -0.1) is 0 Å². The standard InChI is InChI=1S/C18H20N2O4/c1-12(20-22)14-4-8-17(9-5-14)24-13(2)18(21)19-15-6-10-16(23-3)11-7-15/h4-11,13,22H,1-3H3,(H,19,21)/b20-12-. The van der Waals surface area contributed by atoms with Crippen LogP contribution in [0.1, 0.15) is 19.4 Å². The van der Waals surface area contributed by atoms with E-state index in [2.05, 4.69) is 10.5 Å². The largest absolute Gasteiger partial charge is 0.497 e. The molecule has 24 heavy (non-hydrogen) atoms. The second-order valence-electron chi connectivity index (χ2n) is 5.19. The van der Waals surface area contributed by atoms with Crippen LogP contribution in [0.5, 0.6) is 11.5 Å². The first-order valence-electron chi connectivity index (χ1n) is 7.44. The summed E-state index contributed by atoms with van der Waals surface area (Å²) in [7, 11) is 1.59. The van der Waals surface area contributed by atoms with Gasteiger partial charge in [0.05, 0.1) is 12.8 Å². The molecule has 126 valence electrons. The normalized spacial score (nSPS) is 12.4. The van der Waals surface area contributed by atoms with Gasteiger partial charge in [0.1, 0.15) is 11.5 Å². The van der Waals surface area contributed by atoms with Gasteiger partial charge in [0, 0.05) is 5.69 Å². The first kappa shape index (κ1) is 17.3. The molecule has 0 saturated heterocycles. The van der Waals surface area contributed by atoms with Crippen molar-refractivity contribution in [2.45, 2.75) is 20.0 Å². The maximum atomic E-state index is 12.2. The lowest BCUT2D eigenvalue weighted by Gasteiger charge is -2.15. The number of carbonyl (C=O) groups is 1. The molecule has 6 nitrogen and oxygen atoms in total. The second-order valence-corrected chi connectivity index (χ2v) is 5.19. The average Bonchev–Trinajstić information content (AvgIpc) is 2.62. The highest BCUT2D eigenvalue weighted by Gasteiger charge is 2.15. The number of amides is 1. The van der Waals surface area contributed by atoms with E-state index in [0.29, 0.717) is 17.1 Å². The van der Waals surface area contributed by atoms with Crippen molar-refractivity contribution >= 4 is 17.3 Å². The monoisotopic (exact) mass is 328 g/mol. The number of carbonyl (C=O) groups excluding carboxylic acids is 1. The minimum absolute atomic E-state index is 0.252. The molecular weight excluding hydrogens is 308 g/mol. The molecule has 0 aliphatic heterocycles. The zero-order valence-corrected chi connectivity index (χ0v) is 13.8. The highest BCUT2D eigenvalue weighted by Crippen LogP contribution is 2.17. The van der Waals surface area contributed by atoms with Gasteiger partial charge in [0.15, 0.2) is 6.10 Å². The molecule has 0 spiro atoms. The number of nitrogens with zero attached hydrogens (tertiary/aromatic N) is 1. The van der Waals surface area contributed by atoms with E-state index in [1.165, 1.54) is 0 Å². The lowest BCUT2D eigenvalue weighted by Crippen LogP contribution is -2.30. The van der Waals surface area contributed by atoms with E-state index in [1.54, 1.807) is 69.5 Å². The maximum Gasteiger partial charge on any atom is 0.265 e. The van der Waals surface area contributed by atoms with Crippen LogP contribution in [-0.2, 0) is 4.79 Å². The van der Waals surface area contributed by atoms with Crippen molar-refractivity contribution in [3.63, 3.8) is 0 Å². The lowest BCUT2D eigenvalue weighted by atomic mass is 10.1. The predicted molar refractivity (Wildman–Crippen MR) is 92.2 cm³/mol. The van der Waals surface area contributed by atoms with Gasteiger partial charge in [-0.3, -0.25) is 4.79 Å². The molecule has 1 atom stereocenters. The fraction of sp³-hybridized carbons (Fsp3) is 0.222. The summed E-state index contributed by atoms with van der Waals surface area (Å²) in [6.07, 6.45) is -0.662. The van der Waals surface area contributed by atoms with E-state index >= 15 is 0 Å². The van der Waals surface area contributed by atoms with Gasteiger partial charge in [-0.25, -0.2) is 0 Å². The van der Waals surface area contributed by atoms with Crippen molar-refractivity contribution in [3.8, 4) is 11.5 Å². The summed E-state index contributed by atoms with van der Waals surface area (Å²) >= 11 is 0. The zero-order valence-electron chi connectivity index (χ0n) is 13.8. The SMILES string of the molecule is COc1ccc(NC(=O)C(C)Oc2ccc(/C(C)=N\O)cc2)cc1. The van der Waals surface area contributed by atoms with E-state index in [4.69, 9.17) is 14.7 Å². The molecule has 1 unspecified atom stereocenters.